The maximum atomic E-state index is 0. The minimum Gasteiger partial charge on any atom is -0.870 e. The summed E-state index contributed by atoms with van der Waals surface area (Å²) >= 11 is 0. The molecule has 0 aliphatic heterocycles. The minimum atomic E-state index is 0. The van der Waals surface area contributed by atoms with Crippen LogP contribution in [0, 0.1) is 0 Å². The van der Waals surface area contributed by atoms with Crippen LogP contribution in [0.5, 0.6) is 0 Å². The van der Waals surface area contributed by atoms with E-state index in [1.54, 1.807) is 0 Å². The van der Waals surface area contributed by atoms with Gasteiger partial charge in [0.25, 0.3) is 0 Å². The minimum absolute atomic E-state index is 0. The third-order valence-corrected chi connectivity index (χ3v) is 0. The quantitative estimate of drug-likeness (QED) is 0.340. The van der Waals surface area contributed by atoms with Crippen molar-refractivity contribution in [3.05, 3.63) is 0 Å². The molecule has 3 nitrogen and oxygen atoms in total. The van der Waals surface area contributed by atoms with E-state index < -0.39 is 0 Å². The largest absolute Gasteiger partial charge is 2.00 e. The summed E-state index contributed by atoms with van der Waals surface area (Å²) in [6, 6.07) is 0. The van der Waals surface area contributed by atoms with Gasteiger partial charge in [-0.2, -0.15) is 0 Å². The molecule has 5 heavy (non-hydrogen) atoms. The summed E-state index contributed by atoms with van der Waals surface area (Å²) in [6.45, 7) is 0. The van der Waals surface area contributed by atoms with E-state index in [1.807, 2.05) is 0 Å². The van der Waals surface area contributed by atoms with Gasteiger partial charge in [0.05, 0.1) is 0 Å². The van der Waals surface area contributed by atoms with Crippen LogP contribution in [0.4, 0.5) is 0 Å². The molecule has 0 heterocycles. The van der Waals surface area contributed by atoms with Gasteiger partial charge in [0.2, 0.25) is 0 Å². The smallest absolute Gasteiger partial charge is 0.870 e. The summed E-state index contributed by atoms with van der Waals surface area (Å²) in [5.74, 6) is 0. The van der Waals surface area contributed by atoms with Crippen LogP contribution < -0.4 is 29.6 Å². The molecule has 0 saturated heterocycles. The summed E-state index contributed by atoms with van der Waals surface area (Å²) in [5.41, 5.74) is 0. The summed E-state index contributed by atoms with van der Waals surface area (Å²) < 4.78 is 0. The summed E-state index contributed by atoms with van der Waals surface area (Å²) in [7, 11) is 0. The van der Waals surface area contributed by atoms with Crippen LogP contribution in [0.3, 0.4) is 0 Å². The van der Waals surface area contributed by atoms with E-state index in [4.69, 9.17) is 0 Å². The third kappa shape index (κ3) is 21.7. The molecule has 0 aromatic heterocycles. The average molecular weight is 162 g/mol. The zero-order chi connectivity index (χ0) is 0. The van der Waals surface area contributed by atoms with Crippen molar-refractivity contribution in [1.29, 1.82) is 0 Å². The number of hydrogen-bond donors (Lipinski definition) is 0. The first-order valence-electron chi connectivity index (χ1n) is 0. The van der Waals surface area contributed by atoms with Crippen molar-refractivity contribution in [2.24, 2.45) is 0 Å². The molecule has 3 N–H and O–H groups in total. The summed E-state index contributed by atoms with van der Waals surface area (Å²) in [4.78, 5) is 0. The van der Waals surface area contributed by atoms with Crippen LogP contribution in [-0.4, -0.2) is 61.9 Å². The van der Waals surface area contributed by atoms with Crippen molar-refractivity contribution < 1.29 is 46.0 Å². The van der Waals surface area contributed by atoms with E-state index in [2.05, 4.69) is 0 Å². The van der Waals surface area contributed by atoms with Gasteiger partial charge in [-0.15, -0.1) is 0 Å². The molecule has 0 radical (unpaired) electrons. The monoisotopic (exact) mass is 162 g/mol. The maximum absolute atomic E-state index is 0. The predicted octanol–water partition coefficient (Wildman–Crippen LogP) is -3.91. The van der Waals surface area contributed by atoms with Crippen molar-refractivity contribution in [3.63, 3.8) is 0 Å². The van der Waals surface area contributed by atoms with Gasteiger partial charge in [-0.1, -0.05) is 0 Å². The van der Waals surface area contributed by atoms with Gasteiger partial charge in [0, 0.05) is 0 Å². The fourth-order valence-electron chi connectivity index (χ4n) is 0. The van der Waals surface area contributed by atoms with E-state index in [9.17, 15) is 0 Å². The number of hydrogen-bond acceptors (Lipinski definition) is 3. The van der Waals surface area contributed by atoms with Crippen LogP contribution in [0.25, 0.3) is 0 Å². The molecule has 0 unspecified atom stereocenters. The van der Waals surface area contributed by atoms with Gasteiger partial charge >= 0.3 is 75.0 Å². The van der Waals surface area contributed by atoms with Gasteiger partial charge in [-0.3, -0.25) is 0 Å². The molecule has 0 fully saturated rings. The Labute approximate surface area is 89.6 Å². The molecule has 24 valence electrons. The second-order valence-electron chi connectivity index (χ2n) is 0. The predicted molar refractivity (Wildman–Crippen MR) is 11.6 cm³/mol. The van der Waals surface area contributed by atoms with Crippen molar-refractivity contribution in [2.75, 3.05) is 0 Å². The molecule has 0 rings (SSSR count). The van der Waals surface area contributed by atoms with Gasteiger partial charge in [-0.25, -0.2) is 0 Å². The van der Waals surface area contributed by atoms with Crippen molar-refractivity contribution in [1.82, 2.24) is 0 Å². The molecule has 0 bridgehead atoms. The molecular formula is H3NaO3Sr. The first kappa shape index (κ1) is 53.4. The van der Waals surface area contributed by atoms with Gasteiger partial charge in [0.15, 0.2) is 0 Å². The SMILES string of the molecule is [Na+].[OH-].[OH-].[OH-].[Sr+2]. The van der Waals surface area contributed by atoms with Crippen molar-refractivity contribution in [3.8, 4) is 0 Å². The Morgan fingerprint density at radius 3 is 0.600 bits per heavy atom. The Hall–Kier alpha value is 2.36. The van der Waals surface area contributed by atoms with Gasteiger partial charge in [0.1, 0.15) is 0 Å². The summed E-state index contributed by atoms with van der Waals surface area (Å²) in [6.07, 6.45) is 0. The summed E-state index contributed by atoms with van der Waals surface area (Å²) in [5, 5.41) is 0. The van der Waals surface area contributed by atoms with E-state index in [-0.39, 0.29) is 91.5 Å². The van der Waals surface area contributed by atoms with E-state index in [0.717, 1.165) is 0 Å². The van der Waals surface area contributed by atoms with Crippen LogP contribution in [0.1, 0.15) is 0 Å². The second-order valence-corrected chi connectivity index (χ2v) is 0. The molecule has 0 aromatic carbocycles. The fraction of sp³-hybridized carbons (Fsp3) is 0. The fourth-order valence-corrected chi connectivity index (χ4v) is 0. The van der Waals surface area contributed by atoms with Crippen LogP contribution in [0.15, 0.2) is 0 Å². The normalized spacial score (nSPS) is 0. The molecule has 0 aromatic rings. The molecule has 0 aliphatic carbocycles. The van der Waals surface area contributed by atoms with E-state index in [1.165, 1.54) is 0 Å². The molecule has 0 saturated carbocycles. The Bertz CT molecular complexity index is 6.85. The Morgan fingerprint density at radius 2 is 0.600 bits per heavy atom. The van der Waals surface area contributed by atoms with E-state index >= 15 is 0 Å². The standard InChI is InChI=1S/Na.3H2O.Sr/h;3*1H2;/q+1;;;;+2/p-3. The first-order valence-corrected chi connectivity index (χ1v) is 0. The Morgan fingerprint density at radius 1 is 0.600 bits per heavy atom. The molecular weight excluding hydrogens is 159 g/mol. The third-order valence-electron chi connectivity index (χ3n) is 0. The topological polar surface area (TPSA) is 90.0 Å². The van der Waals surface area contributed by atoms with Crippen molar-refractivity contribution in [2.45, 2.75) is 0 Å². The van der Waals surface area contributed by atoms with Crippen LogP contribution >= 0.6 is 0 Å². The second kappa shape index (κ2) is 32.8. The maximum Gasteiger partial charge on any atom is 2.00 e. The molecule has 0 atom stereocenters. The van der Waals surface area contributed by atoms with E-state index in [0.29, 0.717) is 0 Å². The van der Waals surface area contributed by atoms with Crippen LogP contribution in [0.2, 0.25) is 0 Å². The van der Waals surface area contributed by atoms with Gasteiger partial charge in [-0.05, 0) is 0 Å². The first-order chi connectivity index (χ1) is 0. The zero-order valence-corrected chi connectivity index (χ0v) is 8.52. The van der Waals surface area contributed by atoms with Crippen LogP contribution in [-0.2, 0) is 0 Å². The van der Waals surface area contributed by atoms with Gasteiger partial charge < -0.3 is 16.4 Å². The molecule has 0 spiro atoms. The Kier molecular flexibility index (Phi) is 351. The zero-order valence-electron chi connectivity index (χ0n) is 3.05. The molecule has 0 aliphatic rings. The molecule has 5 heteroatoms. The molecule has 0 amide bonds. The van der Waals surface area contributed by atoms with Crippen molar-refractivity contribution >= 4 is 45.5 Å². The number of rotatable bonds is 0. The Balaban J connectivity index is 0. The average Bonchev–Trinajstić information content (AvgIpc) is 0.